The van der Waals surface area contributed by atoms with Crippen LogP contribution in [0.3, 0.4) is 0 Å². The fourth-order valence-corrected chi connectivity index (χ4v) is 2.78. The van der Waals surface area contributed by atoms with Gasteiger partial charge in [0.05, 0.1) is 6.67 Å². The molecule has 0 aliphatic carbocycles. The molecule has 3 rings (SSSR count). The molecule has 22 heavy (non-hydrogen) atoms. The second-order valence-electron chi connectivity index (χ2n) is 5.64. The highest BCUT2D eigenvalue weighted by molar-refractivity contribution is 5.82. The van der Waals surface area contributed by atoms with Crippen molar-refractivity contribution in [2.45, 2.75) is 19.0 Å². The molecule has 1 aromatic rings. The van der Waals surface area contributed by atoms with Gasteiger partial charge in [-0.2, -0.15) is 0 Å². The summed E-state index contributed by atoms with van der Waals surface area (Å²) in [6.45, 7) is 4.66. The lowest BCUT2D eigenvalue weighted by Crippen LogP contribution is -2.58. The number of hydrogen-bond acceptors (Lipinski definition) is 4. The Balaban J connectivity index is 1.80. The summed E-state index contributed by atoms with van der Waals surface area (Å²) in [5.41, 5.74) is 0.410. The van der Waals surface area contributed by atoms with E-state index in [0.29, 0.717) is 0 Å². The third-order valence-electron chi connectivity index (χ3n) is 3.99. The van der Waals surface area contributed by atoms with Crippen LogP contribution in [-0.4, -0.2) is 30.5 Å². The summed E-state index contributed by atoms with van der Waals surface area (Å²) in [6.07, 6.45) is 9.24. The monoisotopic (exact) mass is 300 g/mol. The number of benzene rings is 1. The second kappa shape index (κ2) is 6.42. The minimum atomic E-state index is -0.555. The van der Waals surface area contributed by atoms with Gasteiger partial charge in [-0.1, -0.05) is 24.3 Å². The number of amidine groups is 1. The Morgan fingerprint density at radius 1 is 1.32 bits per heavy atom. The fraction of sp³-hybridized carbons (Fsp3) is 0.353. The lowest BCUT2D eigenvalue weighted by atomic mass is 9.98. The van der Waals surface area contributed by atoms with Gasteiger partial charge in [-0.15, -0.1) is 0 Å². The molecule has 0 saturated heterocycles. The van der Waals surface area contributed by atoms with Crippen molar-refractivity contribution in [2.75, 3.05) is 19.8 Å². The van der Waals surface area contributed by atoms with Gasteiger partial charge in [0.1, 0.15) is 17.3 Å². The van der Waals surface area contributed by atoms with E-state index < -0.39 is 5.66 Å². The average Bonchev–Trinajstić information content (AvgIpc) is 2.55. The Morgan fingerprint density at radius 2 is 2.14 bits per heavy atom. The molecule has 0 spiro atoms. The Morgan fingerprint density at radius 3 is 2.82 bits per heavy atom. The molecule has 2 N–H and O–H groups in total. The smallest absolute Gasteiger partial charge is 0.138 e. The number of rotatable bonds is 4. The molecule has 0 saturated carbocycles. The Bertz CT molecular complexity index is 606. The molecule has 0 aromatic heterocycles. The number of halogens is 1. The zero-order valence-electron chi connectivity index (χ0n) is 12.7. The van der Waals surface area contributed by atoms with E-state index in [0.717, 1.165) is 37.6 Å². The Labute approximate surface area is 130 Å². The van der Waals surface area contributed by atoms with Gasteiger partial charge in [0.25, 0.3) is 0 Å². The van der Waals surface area contributed by atoms with Crippen LogP contribution >= 0.6 is 0 Å². The summed E-state index contributed by atoms with van der Waals surface area (Å²) >= 11 is 0. The number of aliphatic imine (C=N–C) groups is 1. The van der Waals surface area contributed by atoms with Gasteiger partial charge >= 0.3 is 0 Å². The fourth-order valence-electron chi connectivity index (χ4n) is 2.78. The summed E-state index contributed by atoms with van der Waals surface area (Å²) in [7, 11) is 0. The van der Waals surface area contributed by atoms with Crippen molar-refractivity contribution in [3.05, 3.63) is 60.1 Å². The normalized spacial score (nSPS) is 24.9. The molecule has 5 heteroatoms. The quantitative estimate of drug-likeness (QED) is 0.838. The molecular weight excluding hydrogens is 279 g/mol. The molecule has 116 valence electrons. The summed E-state index contributed by atoms with van der Waals surface area (Å²) in [5.74, 6) is 0.600. The Hall–Kier alpha value is -1.98. The van der Waals surface area contributed by atoms with Crippen LogP contribution in [0.25, 0.3) is 0 Å². The molecule has 2 heterocycles. The van der Waals surface area contributed by atoms with Crippen LogP contribution in [0.4, 0.5) is 4.39 Å². The zero-order valence-corrected chi connectivity index (χ0v) is 12.7. The standard InChI is InChI=1S/C17H21FN4/c1-14-19-10-9-17(21-14,15-5-7-16(18)8-6-15)20-13-22-11-3-2-4-12-22/h2-3,5-10,20H,4,11-13H2,1H3,(H,19,21). The maximum atomic E-state index is 13.2. The van der Waals surface area contributed by atoms with Crippen molar-refractivity contribution in [2.24, 2.45) is 4.99 Å². The van der Waals surface area contributed by atoms with Gasteiger partial charge in [0.2, 0.25) is 0 Å². The first kappa shape index (κ1) is 14.9. The highest BCUT2D eigenvalue weighted by Gasteiger charge is 2.31. The van der Waals surface area contributed by atoms with E-state index in [9.17, 15) is 4.39 Å². The predicted molar refractivity (Wildman–Crippen MR) is 86.8 cm³/mol. The molecule has 0 radical (unpaired) electrons. The van der Waals surface area contributed by atoms with Gasteiger partial charge in [0.15, 0.2) is 0 Å². The SMILES string of the molecule is CC1=NC=CC(NCN2CC=CCC2)(c2ccc(F)cc2)N1. The first-order valence-corrected chi connectivity index (χ1v) is 7.57. The maximum absolute atomic E-state index is 13.2. The van der Waals surface area contributed by atoms with Crippen LogP contribution in [-0.2, 0) is 5.66 Å². The number of hydrogen-bond donors (Lipinski definition) is 2. The van der Waals surface area contributed by atoms with Gasteiger partial charge in [-0.25, -0.2) is 9.38 Å². The summed E-state index contributed by atoms with van der Waals surface area (Å²) in [5, 5.41) is 6.95. The molecule has 1 unspecified atom stereocenters. The first-order chi connectivity index (χ1) is 10.7. The lowest BCUT2D eigenvalue weighted by Gasteiger charge is -2.38. The second-order valence-corrected chi connectivity index (χ2v) is 5.64. The average molecular weight is 300 g/mol. The minimum absolute atomic E-state index is 0.231. The molecular formula is C17H21FN4. The van der Waals surface area contributed by atoms with Crippen LogP contribution in [0.2, 0.25) is 0 Å². The predicted octanol–water partition coefficient (Wildman–Crippen LogP) is 2.32. The van der Waals surface area contributed by atoms with E-state index in [2.05, 4.69) is 32.7 Å². The highest BCUT2D eigenvalue weighted by atomic mass is 19.1. The molecule has 0 bridgehead atoms. The van der Waals surface area contributed by atoms with Crippen LogP contribution in [0.1, 0.15) is 18.9 Å². The topological polar surface area (TPSA) is 39.7 Å². The summed E-state index contributed by atoms with van der Waals surface area (Å²) < 4.78 is 13.2. The van der Waals surface area contributed by atoms with Crippen molar-refractivity contribution in [3.8, 4) is 0 Å². The van der Waals surface area contributed by atoms with Gasteiger partial charge in [-0.05, 0) is 37.1 Å². The molecule has 1 aromatic carbocycles. The first-order valence-electron chi connectivity index (χ1n) is 7.57. The summed E-state index contributed by atoms with van der Waals surface area (Å²) in [6, 6.07) is 6.57. The lowest BCUT2D eigenvalue weighted by molar-refractivity contribution is 0.227. The van der Waals surface area contributed by atoms with E-state index >= 15 is 0 Å². The van der Waals surface area contributed by atoms with Crippen molar-refractivity contribution in [1.82, 2.24) is 15.5 Å². The third-order valence-corrected chi connectivity index (χ3v) is 3.99. The van der Waals surface area contributed by atoms with Crippen LogP contribution in [0, 0.1) is 5.82 Å². The van der Waals surface area contributed by atoms with Crippen molar-refractivity contribution < 1.29 is 4.39 Å². The third kappa shape index (κ3) is 3.26. The molecule has 1 atom stereocenters. The van der Waals surface area contributed by atoms with Gasteiger partial charge in [-0.3, -0.25) is 10.2 Å². The van der Waals surface area contributed by atoms with Crippen LogP contribution in [0.5, 0.6) is 0 Å². The van der Waals surface area contributed by atoms with Crippen molar-refractivity contribution >= 4 is 5.84 Å². The molecule has 2 aliphatic rings. The van der Waals surface area contributed by atoms with E-state index in [-0.39, 0.29) is 5.82 Å². The van der Waals surface area contributed by atoms with Crippen molar-refractivity contribution in [1.29, 1.82) is 0 Å². The van der Waals surface area contributed by atoms with E-state index in [1.165, 1.54) is 12.1 Å². The largest absolute Gasteiger partial charge is 0.349 e. The molecule has 0 amide bonds. The molecule has 4 nitrogen and oxygen atoms in total. The molecule has 0 fully saturated rings. The zero-order chi connectivity index (χ0) is 15.4. The van der Waals surface area contributed by atoms with Crippen molar-refractivity contribution in [3.63, 3.8) is 0 Å². The molecule has 2 aliphatic heterocycles. The van der Waals surface area contributed by atoms with Gasteiger partial charge in [0, 0.05) is 19.3 Å². The van der Waals surface area contributed by atoms with Crippen LogP contribution in [0.15, 0.2) is 53.7 Å². The Kier molecular flexibility index (Phi) is 4.36. The van der Waals surface area contributed by atoms with Crippen LogP contribution < -0.4 is 10.6 Å². The minimum Gasteiger partial charge on any atom is -0.349 e. The van der Waals surface area contributed by atoms with Gasteiger partial charge < -0.3 is 5.32 Å². The highest BCUT2D eigenvalue weighted by Crippen LogP contribution is 2.23. The number of nitrogens with zero attached hydrogens (tertiary/aromatic N) is 2. The van der Waals surface area contributed by atoms with E-state index in [1.807, 2.05) is 13.0 Å². The number of nitrogens with one attached hydrogen (secondary N) is 2. The maximum Gasteiger partial charge on any atom is 0.138 e. The summed E-state index contributed by atoms with van der Waals surface area (Å²) in [4.78, 5) is 6.58. The van der Waals surface area contributed by atoms with E-state index in [1.54, 1.807) is 18.3 Å². The van der Waals surface area contributed by atoms with E-state index in [4.69, 9.17) is 0 Å².